The van der Waals surface area contributed by atoms with Gasteiger partial charge in [-0.25, -0.2) is 4.39 Å². The van der Waals surface area contributed by atoms with E-state index in [4.69, 9.17) is 4.74 Å². The molecule has 1 saturated carbocycles. The first-order chi connectivity index (χ1) is 9.80. The number of carbonyl (C=O) groups excluding carboxylic acids is 1. The SMILES string of the molecule is CC(C)(C)OC(=O)CC1CC12CCCc1ccc(F)cc12. The van der Waals surface area contributed by atoms with Crippen molar-refractivity contribution in [3.8, 4) is 0 Å². The summed E-state index contributed by atoms with van der Waals surface area (Å²) in [7, 11) is 0. The van der Waals surface area contributed by atoms with Crippen LogP contribution < -0.4 is 0 Å². The lowest BCUT2D eigenvalue weighted by atomic mass is 9.78. The van der Waals surface area contributed by atoms with Gasteiger partial charge >= 0.3 is 5.97 Å². The van der Waals surface area contributed by atoms with Crippen molar-refractivity contribution >= 4 is 5.97 Å². The third-order valence-electron chi connectivity index (χ3n) is 4.74. The Morgan fingerprint density at radius 3 is 2.90 bits per heavy atom. The highest BCUT2D eigenvalue weighted by Gasteiger charge is 2.57. The zero-order valence-electron chi connectivity index (χ0n) is 13.0. The molecule has 0 amide bonds. The Hall–Kier alpha value is -1.38. The number of benzene rings is 1. The second-order valence-electron chi connectivity index (χ2n) is 7.50. The van der Waals surface area contributed by atoms with Crippen molar-refractivity contribution in [2.75, 3.05) is 0 Å². The predicted octanol–water partition coefficient (Wildman–Crippen LogP) is 4.15. The number of carbonyl (C=O) groups is 1. The summed E-state index contributed by atoms with van der Waals surface area (Å²) in [4.78, 5) is 12.0. The minimum atomic E-state index is -0.435. The fourth-order valence-electron chi connectivity index (χ4n) is 3.83. The van der Waals surface area contributed by atoms with Gasteiger partial charge in [-0.15, -0.1) is 0 Å². The van der Waals surface area contributed by atoms with E-state index in [0.29, 0.717) is 12.3 Å². The summed E-state index contributed by atoms with van der Waals surface area (Å²) in [6.07, 6.45) is 4.66. The number of aryl methyl sites for hydroxylation is 1. The molecule has 0 aromatic heterocycles. The normalized spacial score (nSPS) is 27.3. The minimum Gasteiger partial charge on any atom is -0.460 e. The van der Waals surface area contributed by atoms with Crippen LogP contribution in [0.5, 0.6) is 0 Å². The standard InChI is InChI=1S/C18H23FO2/c1-17(2,3)21-16(20)9-13-11-18(13)8-4-5-12-6-7-14(19)10-15(12)18/h6-7,10,13H,4-5,8-9,11H2,1-3H3. The molecule has 1 spiro atoms. The Kier molecular flexibility index (Phi) is 3.34. The maximum absolute atomic E-state index is 13.6. The number of fused-ring (bicyclic) bond motifs is 2. The topological polar surface area (TPSA) is 26.3 Å². The van der Waals surface area contributed by atoms with E-state index in [1.54, 1.807) is 12.1 Å². The van der Waals surface area contributed by atoms with E-state index < -0.39 is 5.60 Å². The molecular weight excluding hydrogens is 267 g/mol. The summed E-state index contributed by atoms with van der Waals surface area (Å²) in [6, 6.07) is 5.14. The second kappa shape index (κ2) is 4.82. The van der Waals surface area contributed by atoms with Gasteiger partial charge < -0.3 is 4.74 Å². The smallest absolute Gasteiger partial charge is 0.306 e. The third kappa shape index (κ3) is 2.83. The Morgan fingerprint density at radius 1 is 1.43 bits per heavy atom. The van der Waals surface area contributed by atoms with E-state index in [1.807, 2.05) is 26.8 Å². The van der Waals surface area contributed by atoms with Crippen molar-refractivity contribution < 1.29 is 13.9 Å². The van der Waals surface area contributed by atoms with Gasteiger partial charge in [0.15, 0.2) is 0 Å². The molecule has 3 rings (SSSR count). The molecule has 2 unspecified atom stereocenters. The lowest BCUT2D eigenvalue weighted by Gasteiger charge is -2.27. The molecule has 114 valence electrons. The molecule has 2 aliphatic rings. The van der Waals surface area contributed by atoms with E-state index in [-0.39, 0.29) is 17.2 Å². The number of hydrogen-bond acceptors (Lipinski definition) is 2. The molecular formula is C18H23FO2. The van der Waals surface area contributed by atoms with Gasteiger partial charge in [0, 0.05) is 6.42 Å². The summed E-state index contributed by atoms with van der Waals surface area (Å²) in [6.45, 7) is 5.66. The largest absolute Gasteiger partial charge is 0.460 e. The zero-order chi connectivity index (χ0) is 15.3. The van der Waals surface area contributed by atoms with Crippen LogP contribution in [0.1, 0.15) is 57.6 Å². The minimum absolute atomic E-state index is 0.0343. The lowest BCUT2D eigenvalue weighted by Crippen LogP contribution is -2.25. The average Bonchev–Trinajstić information content (AvgIpc) is 3.01. The second-order valence-corrected chi connectivity index (χ2v) is 7.50. The van der Waals surface area contributed by atoms with Gasteiger partial charge in [-0.3, -0.25) is 4.79 Å². The van der Waals surface area contributed by atoms with Gasteiger partial charge in [-0.05, 0) is 81.0 Å². The maximum Gasteiger partial charge on any atom is 0.306 e. The van der Waals surface area contributed by atoms with E-state index in [2.05, 4.69) is 0 Å². The van der Waals surface area contributed by atoms with Gasteiger partial charge in [0.2, 0.25) is 0 Å². The highest BCUT2D eigenvalue weighted by atomic mass is 19.1. The summed E-state index contributed by atoms with van der Waals surface area (Å²) in [5.41, 5.74) is 2.00. The molecule has 1 aromatic carbocycles. The molecule has 0 N–H and O–H groups in total. The van der Waals surface area contributed by atoms with Crippen molar-refractivity contribution in [2.24, 2.45) is 5.92 Å². The maximum atomic E-state index is 13.6. The van der Waals surface area contributed by atoms with Crippen LogP contribution in [0.2, 0.25) is 0 Å². The van der Waals surface area contributed by atoms with Crippen LogP contribution in [0.4, 0.5) is 4.39 Å². The lowest BCUT2D eigenvalue weighted by molar-refractivity contribution is -0.155. The predicted molar refractivity (Wildman–Crippen MR) is 79.6 cm³/mol. The van der Waals surface area contributed by atoms with Gasteiger partial charge in [-0.1, -0.05) is 6.07 Å². The number of rotatable bonds is 2. The van der Waals surface area contributed by atoms with Crippen LogP contribution in [-0.4, -0.2) is 11.6 Å². The van der Waals surface area contributed by atoms with Crippen molar-refractivity contribution in [3.63, 3.8) is 0 Å². The summed E-state index contributed by atoms with van der Waals surface area (Å²) in [5, 5.41) is 0. The molecule has 3 heteroatoms. The quantitative estimate of drug-likeness (QED) is 0.765. The molecule has 0 radical (unpaired) electrons. The molecule has 0 saturated heterocycles. The molecule has 0 bridgehead atoms. The first-order valence-electron chi connectivity index (χ1n) is 7.81. The molecule has 0 heterocycles. The van der Waals surface area contributed by atoms with Crippen LogP contribution in [-0.2, 0) is 21.4 Å². The molecule has 2 aliphatic carbocycles. The van der Waals surface area contributed by atoms with E-state index in [0.717, 1.165) is 31.2 Å². The van der Waals surface area contributed by atoms with E-state index in [9.17, 15) is 9.18 Å². The number of esters is 1. The van der Waals surface area contributed by atoms with Gasteiger partial charge in [0.25, 0.3) is 0 Å². The Labute approximate surface area is 125 Å². The number of ether oxygens (including phenoxy) is 1. The monoisotopic (exact) mass is 290 g/mol. The number of halogens is 1. The first kappa shape index (κ1) is 14.6. The van der Waals surface area contributed by atoms with Crippen molar-refractivity contribution in [1.82, 2.24) is 0 Å². The molecule has 2 nitrogen and oxygen atoms in total. The van der Waals surface area contributed by atoms with Crippen LogP contribution >= 0.6 is 0 Å². The average molecular weight is 290 g/mol. The molecule has 0 aliphatic heterocycles. The zero-order valence-corrected chi connectivity index (χ0v) is 13.0. The Bertz CT molecular complexity index is 573. The van der Waals surface area contributed by atoms with Gasteiger partial charge in [0.05, 0.1) is 0 Å². The summed E-state index contributed by atoms with van der Waals surface area (Å²) < 4.78 is 19.0. The van der Waals surface area contributed by atoms with Gasteiger partial charge in [0.1, 0.15) is 11.4 Å². The molecule has 2 atom stereocenters. The van der Waals surface area contributed by atoms with Crippen LogP contribution in [0.15, 0.2) is 18.2 Å². The molecule has 1 fully saturated rings. The highest BCUT2D eigenvalue weighted by molar-refractivity contribution is 5.71. The van der Waals surface area contributed by atoms with Crippen molar-refractivity contribution in [3.05, 3.63) is 35.1 Å². The molecule has 1 aromatic rings. The highest BCUT2D eigenvalue weighted by Crippen LogP contribution is 2.61. The Morgan fingerprint density at radius 2 is 2.19 bits per heavy atom. The fourth-order valence-corrected chi connectivity index (χ4v) is 3.83. The van der Waals surface area contributed by atoms with Crippen LogP contribution in [0.25, 0.3) is 0 Å². The van der Waals surface area contributed by atoms with E-state index in [1.165, 1.54) is 5.56 Å². The summed E-state index contributed by atoms with van der Waals surface area (Å²) >= 11 is 0. The fraction of sp³-hybridized carbons (Fsp3) is 0.611. The third-order valence-corrected chi connectivity index (χ3v) is 4.74. The van der Waals surface area contributed by atoms with Crippen molar-refractivity contribution in [2.45, 2.75) is 63.9 Å². The van der Waals surface area contributed by atoms with Crippen LogP contribution in [0.3, 0.4) is 0 Å². The van der Waals surface area contributed by atoms with E-state index >= 15 is 0 Å². The first-order valence-corrected chi connectivity index (χ1v) is 7.81. The van der Waals surface area contributed by atoms with Gasteiger partial charge in [-0.2, -0.15) is 0 Å². The Balaban J connectivity index is 1.75. The summed E-state index contributed by atoms with van der Waals surface area (Å²) in [5.74, 6) is 0.0130. The van der Waals surface area contributed by atoms with Crippen LogP contribution in [0, 0.1) is 11.7 Å². The molecule has 21 heavy (non-hydrogen) atoms. The number of hydrogen-bond donors (Lipinski definition) is 0. The van der Waals surface area contributed by atoms with Crippen molar-refractivity contribution in [1.29, 1.82) is 0 Å².